The number of hydrogen-bond acceptors (Lipinski definition) is 10. The first-order chi connectivity index (χ1) is 24.1. The number of nitrogens with one attached hydrogen (secondary N) is 5. The monoisotopic (exact) mass is 693 g/mol. The maximum absolute atomic E-state index is 15.0. The van der Waals surface area contributed by atoms with E-state index in [4.69, 9.17) is 36.8 Å². The van der Waals surface area contributed by atoms with Gasteiger partial charge in [0.15, 0.2) is 35.6 Å². The highest BCUT2D eigenvalue weighted by Gasteiger charge is 2.20. The molecular formula is C32H37F2N11O5. The summed E-state index contributed by atoms with van der Waals surface area (Å²) in [5.41, 5.74) is 13.5. The number of anilines is 2. The highest BCUT2D eigenvalue weighted by atomic mass is 19.2. The Morgan fingerprint density at radius 3 is 2.58 bits per heavy atom. The van der Waals surface area contributed by atoms with Gasteiger partial charge in [-0.3, -0.25) is 24.2 Å². The van der Waals surface area contributed by atoms with Crippen molar-refractivity contribution in [1.29, 1.82) is 10.7 Å². The topological polar surface area (TPSA) is 259 Å². The van der Waals surface area contributed by atoms with Crippen LogP contribution in [0, 0.1) is 28.4 Å². The molecule has 1 atom stereocenters. The highest BCUT2D eigenvalue weighted by molar-refractivity contribution is 5.96. The molecule has 4 aromatic rings. The van der Waals surface area contributed by atoms with Gasteiger partial charge in [-0.2, -0.15) is 9.65 Å². The number of amides is 2. The van der Waals surface area contributed by atoms with E-state index in [2.05, 4.69) is 31.2 Å². The Kier molecular flexibility index (Phi) is 14.4. The van der Waals surface area contributed by atoms with Crippen molar-refractivity contribution in [3.05, 3.63) is 71.7 Å². The molecule has 0 bridgehead atoms. The van der Waals surface area contributed by atoms with Crippen molar-refractivity contribution in [3.8, 4) is 23.1 Å². The molecule has 0 fully saturated rings. The summed E-state index contributed by atoms with van der Waals surface area (Å²) < 4.78 is 36.1. The van der Waals surface area contributed by atoms with Crippen molar-refractivity contribution in [2.45, 2.75) is 32.2 Å². The number of rotatable bonds is 15. The quantitative estimate of drug-likeness (QED) is 0.0385. The number of hydrogen-bond donors (Lipinski definition) is 8. The maximum atomic E-state index is 15.0. The van der Waals surface area contributed by atoms with E-state index in [1.807, 2.05) is 6.92 Å². The van der Waals surface area contributed by atoms with Crippen LogP contribution in [0.1, 0.15) is 35.7 Å². The Hall–Kier alpha value is -6.35. The molecule has 2 heterocycles. The Balaban J connectivity index is 0.00000217. The molecule has 18 heteroatoms. The third-order valence-corrected chi connectivity index (χ3v) is 7.09. The molecule has 0 radical (unpaired) electrons. The average Bonchev–Trinajstić information content (AvgIpc) is 3.54. The molecule has 2 amide bonds. The molecule has 10 N–H and O–H groups in total. The van der Waals surface area contributed by atoms with Crippen molar-refractivity contribution in [1.82, 2.24) is 30.3 Å². The van der Waals surface area contributed by atoms with Crippen LogP contribution in [0.3, 0.4) is 0 Å². The lowest BCUT2D eigenvalue weighted by molar-refractivity contribution is -0.123. The van der Waals surface area contributed by atoms with Gasteiger partial charge in [0.2, 0.25) is 11.7 Å². The summed E-state index contributed by atoms with van der Waals surface area (Å²) in [6.45, 7) is 2.08. The molecule has 0 aliphatic rings. The fourth-order valence-electron chi connectivity index (χ4n) is 4.74. The molecular weight excluding hydrogens is 656 g/mol. The maximum Gasteiger partial charge on any atom is 0.290 e. The van der Waals surface area contributed by atoms with E-state index in [0.717, 1.165) is 5.56 Å². The number of benzene rings is 2. The van der Waals surface area contributed by atoms with Gasteiger partial charge in [0.1, 0.15) is 6.07 Å². The van der Waals surface area contributed by atoms with Gasteiger partial charge in [0, 0.05) is 48.8 Å². The summed E-state index contributed by atoms with van der Waals surface area (Å²) in [6, 6.07) is 8.78. The second kappa shape index (κ2) is 18.8. The number of aromatic nitrogens is 3. The lowest BCUT2D eigenvalue weighted by Crippen LogP contribution is -2.44. The summed E-state index contributed by atoms with van der Waals surface area (Å²) in [5, 5.41) is 34.0. The molecule has 264 valence electrons. The van der Waals surface area contributed by atoms with Crippen LogP contribution in [0.15, 0.2) is 48.9 Å². The number of fused-ring (bicyclic) bond motifs is 1. The number of nitriles is 1. The van der Waals surface area contributed by atoms with E-state index >= 15 is 0 Å². The molecule has 4 rings (SSSR count). The number of carboxylic acid groups (broad SMARTS) is 1. The Morgan fingerprint density at radius 2 is 1.88 bits per heavy atom. The minimum absolute atomic E-state index is 0.0544. The van der Waals surface area contributed by atoms with Crippen LogP contribution in [-0.4, -0.2) is 76.0 Å². The number of aryl methyl sites for hydroxylation is 1. The van der Waals surface area contributed by atoms with Gasteiger partial charge in [0.25, 0.3) is 12.4 Å². The van der Waals surface area contributed by atoms with Gasteiger partial charge >= 0.3 is 0 Å². The van der Waals surface area contributed by atoms with Gasteiger partial charge < -0.3 is 42.6 Å². The third kappa shape index (κ3) is 10.1. The second-order valence-electron chi connectivity index (χ2n) is 10.4. The average molecular weight is 694 g/mol. The van der Waals surface area contributed by atoms with Crippen LogP contribution in [0.5, 0.6) is 5.75 Å². The summed E-state index contributed by atoms with van der Waals surface area (Å²) in [4.78, 5) is 42.2. The van der Waals surface area contributed by atoms with Crippen molar-refractivity contribution < 1.29 is 33.0 Å². The SMILES string of the molecule is CCc1cc(Nc2nccn3c(-c4ccc(OCC#N)c(F)c4F)cnc23)ccc1C(=O)NCCNC(=O)[C@@H](N)CCCNC(=N)N.O=CO. The fraction of sp³-hybridized carbons (Fsp3) is 0.281. The number of halogens is 2. The molecule has 0 spiro atoms. The summed E-state index contributed by atoms with van der Waals surface area (Å²) in [6.07, 6.45) is 5.98. The standard InChI is InChI=1S/C31H35F2N11O3.CH2O2/c1-2-18-16-19(5-6-20(18)29(45)39-11-12-40-30(46)22(35)4-3-10-41-31(36)37)43-27-28-42-17-23(44(28)14-13-38-27)21-7-8-24(47-15-9-34)26(33)25(21)32;2-1-3/h5-8,13-14,16-17,22H,2-4,10-12,15,35H2,1H3,(H,38,43)(H,39,45)(H,40,46)(H4,36,37,41);1H,(H,2,3)/t22-;/m0./s1. The molecule has 2 aromatic carbocycles. The van der Waals surface area contributed by atoms with Crippen LogP contribution >= 0.6 is 0 Å². The smallest absolute Gasteiger partial charge is 0.290 e. The van der Waals surface area contributed by atoms with Crippen molar-refractivity contribution in [2.24, 2.45) is 11.5 Å². The molecule has 50 heavy (non-hydrogen) atoms. The number of nitrogens with zero attached hydrogens (tertiary/aromatic N) is 4. The lowest BCUT2D eigenvalue weighted by Gasteiger charge is -2.14. The predicted molar refractivity (Wildman–Crippen MR) is 180 cm³/mol. The van der Waals surface area contributed by atoms with Crippen LogP contribution in [0.2, 0.25) is 0 Å². The molecule has 0 aliphatic heterocycles. The molecule has 0 saturated carbocycles. The number of carbonyl (C=O) groups excluding carboxylic acids is 2. The van der Waals surface area contributed by atoms with Crippen molar-refractivity contribution in [2.75, 3.05) is 31.6 Å². The van der Waals surface area contributed by atoms with Crippen LogP contribution in [0.4, 0.5) is 20.3 Å². The molecule has 16 nitrogen and oxygen atoms in total. The van der Waals surface area contributed by atoms with Crippen LogP contribution in [0.25, 0.3) is 16.9 Å². The summed E-state index contributed by atoms with van der Waals surface area (Å²) in [5.74, 6) is -3.16. The van der Waals surface area contributed by atoms with E-state index in [1.165, 1.54) is 24.5 Å². The second-order valence-corrected chi connectivity index (χ2v) is 10.4. The first kappa shape index (κ1) is 38.1. The Morgan fingerprint density at radius 1 is 1.14 bits per heavy atom. The largest absolute Gasteiger partial charge is 0.483 e. The number of ether oxygens (including phenoxy) is 1. The number of guanidine groups is 1. The third-order valence-electron chi connectivity index (χ3n) is 7.09. The van der Waals surface area contributed by atoms with E-state index in [9.17, 15) is 18.4 Å². The summed E-state index contributed by atoms with van der Waals surface area (Å²) in [7, 11) is 0. The van der Waals surface area contributed by atoms with Crippen LogP contribution < -0.4 is 37.5 Å². The van der Waals surface area contributed by atoms with E-state index in [1.54, 1.807) is 34.9 Å². The van der Waals surface area contributed by atoms with Gasteiger partial charge in [-0.15, -0.1) is 0 Å². The number of imidazole rings is 1. The lowest BCUT2D eigenvalue weighted by atomic mass is 10.0. The van der Waals surface area contributed by atoms with Crippen molar-refractivity contribution in [3.63, 3.8) is 0 Å². The predicted octanol–water partition coefficient (Wildman–Crippen LogP) is 2.02. The van der Waals surface area contributed by atoms with Crippen LogP contribution in [-0.2, 0) is 16.0 Å². The van der Waals surface area contributed by atoms with E-state index < -0.39 is 24.3 Å². The van der Waals surface area contributed by atoms with E-state index in [0.29, 0.717) is 48.5 Å². The van der Waals surface area contributed by atoms with Gasteiger partial charge in [-0.05, 0) is 55.2 Å². The molecule has 0 aliphatic carbocycles. The molecule has 0 saturated heterocycles. The summed E-state index contributed by atoms with van der Waals surface area (Å²) >= 11 is 0. The highest BCUT2D eigenvalue weighted by Crippen LogP contribution is 2.32. The zero-order valence-electron chi connectivity index (χ0n) is 27.0. The van der Waals surface area contributed by atoms with Gasteiger partial charge in [-0.25, -0.2) is 14.4 Å². The Labute approximate surface area is 285 Å². The Bertz CT molecular complexity index is 1860. The minimum Gasteiger partial charge on any atom is -0.483 e. The molecule has 2 aromatic heterocycles. The number of nitrogens with two attached hydrogens (primary N) is 2. The molecule has 0 unspecified atom stereocenters. The first-order valence-electron chi connectivity index (χ1n) is 15.2. The first-order valence-corrected chi connectivity index (χ1v) is 15.2. The van der Waals surface area contributed by atoms with Gasteiger partial charge in [-0.1, -0.05) is 6.92 Å². The number of carbonyl (C=O) groups is 3. The fourth-order valence-corrected chi connectivity index (χ4v) is 4.74. The van der Waals surface area contributed by atoms with Crippen molar-refractivity contribution >= 4 is 41.4 Å². The zero-order valence-corrected chi connectivity index (χ0v) is 27.0. The zero-order chi connectivity index (χ0) is 36.6. The van der Waals surface area contributed by atoms with E-state index in [-0.39, 0.29) is 54.3 Å². The van der Waals surface area contributed by atoms with Gasteiger partial charge in [0.05, 0.1) is 17.9 Å². The minimum atomic E-state index is -1.21. The normalized spacial score (nSPS) is 10.9.